The minimum absolute atomic E-state index is 0.280. The maximum Gasteiger partial charge on any atom is 0.249 e. The van der Waals surface area contributed by atoms with Crippen molar-refractivity contribution in [2.75, 3.05) is 26.6 Å². The van der Waals surface area contributed by atoms with Gasteiger partial charge in [0.2, 0.25) is 11.7 Å². The van der Waals surface area contributed by atoms with Crippen LogP contribution in [0.4, 0.5) is 5.82 Å². The summed E-state index contributed by atoms with van der Waals surface area (Å²) in [4.78, 5) is 12.5. The van der Waals surface area contributed by atoms with E-state index < -0.39 is 0 Å². The van der Waals surface area contributed by atoms with Crippen LogP contribution in [-0.2, 0) is 11.3 Å². The summed E-state index contributed by atoms with van der Waals surface area (Å²) in [5.74, 6) is 1.85. The van der Waals surface area contributed by atoms with Crippen LogP contribution >= 0.6 is 15.9 Å². The zero-order valence-electron chi connectivity index (χ0n) is 16.9. The highest BCUT2D eigenvalue weighted by Crippen LogP contribution is 2.38. The number of aromatic nitrogens is 2. The van der Waals surface area contributed by atoms with Crippen LogP contribution in [0, 0.1) is 0 Å². The molecule has 0 spiro atoms. The predicted molar refractivity (Wildman–Crippen MR) is 119 cm³/mol. The number of anilines is 1. The molecule has 0 unspecified atom stereocenters. The number of nitrogens with zero attached hydrogens (tertiary/aromatic N) is 2. The Bertz CT molecular complexity index is 1040. The normalized spacial score (nSPS) is 10.8. The number of benzene rings is 2. The average molecular weight is 472 g/mol. The molecule has 0 aliphatic carbocycles. The molecule has 0 saturated carbocycles. The lowest BCUT2D eigenvalue weighted by molar-refractivity contribution is -0.111. The first-order valence-electron chi connectivity index (χ1n) is 9.10. The van der Waals surface area contributed by atoms with E-state index in [1.807, 2.05) is 24.3 Å². The minimum atomic E-state index is -0.280. The smallest absolute Gasteiger partial charge is 0.249 e. The monoisotopic (exact) mass is 471 g/mol. The molecule has 8 heteroatoms. The van der Waals surface area contributed by atoms with Gasteiger partial charge in [-0.3, -0.25) is 4.79 Å². The van der Waals surface area contributed by atoms with Gasteiger partial charge in [-0.25, -0.2) is 4.68 Å². The van der Waals surface area contributed by atoms with Crippen LogP contribution in [0.25, 0.3) is 6.08 Å². The molecule has 7 nitrogen and oxygen atoms in total. The molecule has 0 fully saturated rings. The van der Waals surface area contributed by atoms with Crippen LogP contribution < -0.4 is 19.5 Å². The summed E-state index contributed by atoms with van der Waals surface area (Å²) >= 11 is 3.53. The fourth-order valence-corrected chi connectivity index (χ4v) is 3.30. The fraction of sp³-hybridized carbons (Fsp3) is 0.182. The Kier molecular flexibility index (Phi) is 7.13. The molecule has 1 amide bonds. The molecule has 0 aliphatic heterocycles. The van der Waals surface area contributed by atoms with Gasteiger partial charge in [-0.1, -0.05) is 34.1 Å². The summed E-state index contributed by atoms with van der Waals surface area (Å²) in [6.45, 7) is 0.528. The van der Waals surface area contributed by atoms with E-state index in [1.54, 1.807) is 56.5 Å². The van der Waals surface area contributed by atoms with Gasteiger partial charge in [-0.2, -0.15) is 5.10 Å². The molecule has 1 aromatic heterocycles. The third kappa shape index (κ3) is 5.01. The van der Waals surface area contributed by atoms with E-state index >= 15 is 0 Å². The number of nitrogens with one attached hydrogen (secondary N) is 1. The van der Waals surface area contributed by atoms with Crippen LogP contribution in [-0.4, -0.2) is 37.0 Å². The number of hydrogen-bond acceptors (Lipinski definition) is 5. The Morgan fingerprint density at radius 3 is 2.43 bits per heavy atom. The largest absolute Gasteiger partial charge is 0.493 e. The maximum atomic E-state index is 12.5. The Morgan fingerprint density at radius 1 is 1.10 bits per heavy atom. The van der Waals surface area contributed by atoms with E-state index in [2.05, 4.69) is 26.3 Å². The second kappa shape index (κ2) is 9.98. The number of ether oxygens (including phenoxy) is 3. The maximum absolute atomic E-state index is 12.5. The van der Waals surface area contributed by atoms with E-state index in [-0.39, 0.29) is 5.91 Å². The topological polar surface area (TPSA) is 74.6 Å². The van der Waals surface area contributed by atoms with Gasteiger partial charge in [0, 0.05) is 16.6 Å². The number of rotatable bonds is 8. The number of amides is 1. The second-order valence-electron chi connectivity index (χ2n) is 6.25. The van der Waals surface area contributed by atoms with E-state index in [0.29, 0.717) is 29.6 Å². The summed E-state index contributed by atoms with van der Waals surface area (Å²) < 4.78 is 18.7. The highest BCUT2D eigenvalue weighted by molar-refractivity contribution is 9.10. The SMILES string of the molecule is COc1cc(C=CC(=O)Nc2ccnn2Cc2ccccc2Br)cc(OC)c1OC. The van der Waals surface area contributed by atoms with Crippen molar-refractivity contribution in [1.29, 1.82) is 0 Å². The fourth-order valence-electron chi connectivity index (χ4n) is 2.89. The highest BCUT2D eigenvalue weighted by Gasteiger charge is 2.12. The molecule has 0 bridgehead atoms. The standard InChI is InChI=1S/C22H22BrN3O4/c1-28-18-12-15(13-19(29-2)22(18)30-3)8-9-21(27)25-20-10-11-24-26(20)14-16-6-4-5-7-17(16)23/h4-13H,14H2,1-3H3,(H,25,27). The summed E-state index contributed by atoms with van der Waals surface area (Å²) in [7, 11) is 4.63. The minimum Gasteiger partial charge on any atom is -0.493 e. The van der Waals surface area contributed by atoms with Gasteiger partial charge in [0.05, 0.1) is 34.1 Å². The average Bonchev–Trinajstić information content (AvgIpc) is 3.19. The van der Waals surface area contributed by atoms with E-state index in [9.17, 15) is 4.79 Å². The molecular weight excluding hydrogens is 450 g/mol. The molecule has 3 rings (SSSR count). The third-order valence-electron chi connectivity index (χ3n) is 4.36. The number of carbonyl (C=O) groups is 1. The van der Waals surface area contributed by atoms with Crippen molar-refractivity contribution >= 4 is 33.7 Å². The predicted octanol–water partition coefficient (Wildman–Crippen LogP) is 4.37. The van der Waals surface area contributed by atoms with Gasteiger partial charge in [0.25, 0.3) is 0 Å². The molecule has 156 valence electrons. The lowest BCUT2D eigenvalue weighted by atomic mass is 10.1. The third-order valence-corrected chi connectivity index (χ3v) is 5.13. The van der Waals surface area contributed by atoms with Gasteiger partial charge >= 0.3 is 0 Å². The Labute approximate surface area is 183 Å². The zero-order valence-corrected chi connectivity index (χ0v) is 18.5. The van der Waals surface area contributed by atoms with E-state index in [0.717, 1.165) is 15.6 Å². The van der Waals surface area contributed by atoms with Gasteiger partial charge in [-0.15, -0.1) is 0 Å². The molecular formula is C22H22BrN3O4. The van der Waals surface area contributed by atoms with Crippen LogP contribution in [0.5, 0.6) is 17.2 Å². The molecule has 0 radical (unpaired) electrons. The Balaban J connectivity index is 1.73. The quantitative estimate of drug-likeness (QED) is 0.493. The number of halogens is 1. The lowest BCUT2D eigenvalue weighted by Gasteiger charge is -2.12. The first-order chi connectivity index (χ1) is 14.5. The summed E-state index contributed by atoms with van der Waals surface area (Å²) in [6.07, 6.45) is 4.76. The van der Waals surface area contributed by atoms with Crippen molar-refractivity contribution in [3.05, 3.63) is 70.3 Å². The highest BCUT2D eigenvalue weighted by atomic mass is 79.9. The first-order valence-corrected chi connectivity index (χ1v) is 9.89. The van der Waals surface area contributed by atoms with Gasteiger partial charge < -0.3 is 19.5 Å². The van der Waals surface area contributed by atoms with Crippen LogP contribution in [0.15, 0.2) is 59.2 Å². The summed E-state index contributed by atoms with van der Waals surface area (Å²) in [5, 5.41) is 7.15. The van der Waals surface area contributed by atoms with E-state index in [1.165, 1.54) is 6.08 Å². The van der Waals surface area contributed by atoms with Crippen molar-refractivity contribution in [3.63, 3.8) is 0 Å². The molecule has 1 heterocycles. The van der Waals surface area contributed by atoms with Crippen LogP contribution in [0.2, 0.25) is 0 Å². The summed E-state index contributed by atoms with van der Waals surface area (Å²) in [5.41, 5.74) is 1.80. The molecule has 0 atom stereocenters. The van der Waals surface area contributed by atoms with Crippen molar-refractivity contribution in [2.45, 2.75) is 6.54 Å². The van der Waals surface area contributed by atoms with Crippen molar-refractivity contribution in [1.82, 2.24) is 9.78 Å². The van der Waals surface area contributed by atoms with Crippen molar-refractivity contribution in [3.8, 4) is 17.2 Å². The van der Waals surface area contributed by atoms with Gasteiger partial charge in [0.15, 0.2) is 11.5 Å². The van der Waals surface area contributed by atoms with Crippen LogP contribution in [0.3, 0.4) is 0 Å². The second-order valence-corrected chi connectivity index (χ2v) is 7.10. The van der Waals surface area contributed by atoms with Crippen molar-refractivity contribution in [2.24, 2.45) is 0 Å². The summed E-state index contributed by atoms with van der Waals surface area (Å²) in [6, 6.07) is 13.2. The number of methoxy groups -OCH3 is 3. The first kappa shape index (κ1) is 21.4. The van der Waals surface area contributed by atoms with Gasteiger partial charge in [-0.05, 0) is 35.4 Å². The molecule has 0 aliphatic rings. The Hall–Kier alpha value is -3.26. The van der Waals surface area contributed by atoms with E-state index in [4.69, 9.17) is 14.2 Å². The van der Waals surface area contributed by atoms with Crippen molar-refractivity contribution < 1.29 is 19.0 Å². The molecule has 1 N–H and O–H groups in total. The number of carbonyl (C=O) groups excluding carboxylic acids is 1. The molecule has 2 aromatic carbocycles. The Morgan fingerprint density at radius 2 is 1.80 bits per heavy atom. The number of hydrogen-bond donors (Lipinski definition) is 1. The molecule has 30 heavy (non-hydrogen) atoms. The van der Waals surface area contributed by atoms with Crippen LogP contribution in [0.1, 0.15) is 11.1 Å². The molecule has 3 aromatic rings. The van der Waals surface area contributed by atoms with Gasteiger partial charge in [0.1, 0.15) is 5.82 Å². The zero-order chi connectivity index (χ0) is 21.5. The molecule has 0 saturated heterocycles. The lowest BCUT2D eigenvalue weighted by Crippen LogP contribution is -2.14.